The van der Waals surface area contributed by atoms with Gasteiger partial charge >= 0.3 is 5.97 Å². The van der Waals surface area contributed by atoms with Gasteiger partial charge in [-0.05, 0) is 42.0 Å². The second-order valence-corrected chi connectivity index (χ2v) is 6.57. The van der Waals surface area contributed by atoms with Crippen molar-refractivity contribution in [2.45, 2.75) is 6.54 Å². The Labute approximate surface area is 167 Å². The molecular weight excluding hydrogens is 385 g/mol. The Kier molecular flexibility index (Phi) is 6.58. The molecule has 6 heteroatoms. The Balaban J connectivity index is 1.61. The number of hydrogen-bond donors (Lipinski definition) is 1. The summed E-state index contributed by atoms with van der Waals surface area (Å²) in [6, 6.07) is 21.7. The van der Waals surface area contributed by atoms with Crippen LogP contribution in [-0.2, 0) is 11.3 Å². The third-order valence-corrected chi connectivity index (χ3v) is 4.15. The lowest BCUT2D eigenvalue weighted by molar-refractivity contribution is -0.136. The van der Waals surface area contributed by atoms with E-state index in [-0.39, 0.29) is 6.61 Å². The summed E-state index contributed by atoms with van der Waals surface area (Å²) in [4.78, 5) is 12.1. The molecule has 3 aromatic rings. The Morgan fingerprint density at radius 3 is 2.33 bits per heavy atom. The Morgan fingerprint density at radius 2 is 1.59 bits per heavy atom. The number of halogens is 2. The highest BCUT2D eigenvalue weighted by atomic mass is 35.5. The predicted octanol–water partition coefficient (Wildman–Crippen LogP) is 5.59. The molecule has 0 aromatic heterocycles. The molecule has 0 amide bonds. The predicted molar refractivity (Wildman–Crippen MR) is 108 cm³/mol. The van der Waals surface area contributed by atoms with Crippen LogP contribution < -0.4 is 14.8 Å². The zero-order valence-electron chi connectivity index (χ0n) is 14.3. The van der Waals surface area contributed by atoms with Gasteiger partial charge in [0.2, 0.25) is 0 Å². The molecule has 0 heterocycles. The van der Waals surface area contributed by atoms with E-state index in [1.807, 2.05) is 30.3 Å². The fourth-order valence-electron chi connectivity index (χ4n) is 2.34. The number of carbonyl (C=O) groups excluding carboxylic acids is 1. The first-order chi connectivity index (χ1) is 13.1. The van der Waals surface area contributed by atoms with Gasteiger partial charge in [-0.1, -0.05) is 53.5 Å². The van der Waals surface area contributed by atoms with Crippen molar-refractivity contribution in [1.29, 1.82) is 0 Å². The van der Waals surface area contributed by atoms with Crippen molar-refractivity contribution in [3.8, 4) is 11.5 Å². The minimum absolute atomic E-state index is 0.230. The largest absolute Gasteiger partial charge is 0.482 e. The summed E-state index contributed by atoms with van der Waals surface area (Å²) in [6.45, 7) is 0.362. The zero-order chi connectivity index (χ0) is 19.1. The molecule has 3 aromatic carbocycles. The number of benzene rings is 3. The van der Waals surface area contributed by atoms with E-state index in [1.165, 1.54) is 0 Å². The van der Waals surface area contributed by atoms with Crippen LogP contribution in [0.15, 0.2) is 72.8 Å². The molecule has 0 atom stereocenters. The van der Waals surface area contributed by atoms with E-state index in [9.17, 15) is 4.79 Å². The minimum atomic E-state index is -0.532. The van der Waals surface area contributed by atoms with E-state index in [0.717, 1.165) is 5.56 Å². The molecular formula is C21H17Cl2NO3. The number of anilines is 1. The van der Waals surface area contributed by atoms with Crippen LogP contribution in [0, 0.1) is 0 Å². The highest BCUT2D eigenvalue weighted by Crippen LogP contribution is 2.29. The third kappa shape index (κ3) is 5.91. The molecule has 0 saturated carbocycles. The van der Waals surface area contributed by atoms with E-state index in [1.54, 1.807) is 42.5 Å². The number of rotatable bonds is 7. The second-order valence-electron chi connectivity index (χ2n) is 5.70. The Hall–Kier alpha value is -2.69. The average molecular weight is 402 g/mol. The number of esters is 1. The molecule has 0 radical (unpaired) electrons. The van der Waals surface area contributed by atoms with Gasteiger partial charge in [0, 0.05) is 22.7 Å². The van der Waals surface area contributed by atoms with Crippen molar-refractivity contribution in [3.63, 3.8) is 0 Å². The van der Waals surface area contributed by atoms with Crippen LogP contribution in [0.1, 0.15) is 5.56 Å². The van der Waals surface area contributed by atoms with E-state index in [0.29, 0.717) is 33.8 Å². The molecule has 4 nitrogen and oxygen atoms in total. The molecule has 0 aliphatic carbocycles. The van der Waals surface area contributed by atoms with Gasteiger partial charge in [0.05, 0.1) is 5.69 Å². The lowest BCUT2D eigenvalue weighted by Gasteiger charge is -2.13. The topological polar surface area (TPSA) is 47.6 Å². The monoisotopic (exact) mass is 401 g/mol. The highest BCUT2D eigenvalue weighted by Gasteiger charge is 2.11. The van der Waals surface area contributed by atoms with Crippen LogP contribution in [-0.4, -0.2) is 12.6 Å². The molecule has 138 valence electrons. The maximum Gasteiger partial charge on any atom is 0.349 e. The van der Waals surface area contributed by atoms with Crippen LogP contribution in [0.4, 0.5) is 5.69 Å². The van der Waals surface area contributed by atoms with Gasteiger partial charge in [0.1, 0.15) is 5.75 Å². The summed E-state index contributed by atoms with van der Waals surface area (Å²) in [5.41, 5.74) is 1.78. The molecule has 1 N–H and O–H groups in total. The summed E-state index contributed by atoms with van der Waals surface area (Å²) < 4.78 is 10.8. The van der Waals surface area contributed by atoms with Crippen molar-refractivity contribution in [2.75, 3.05) is 11.9 Å². The average Bonchev–Trinajstić information content (AvgIpc) is 2.68. The highest BCUT2D eigenvalue weighted by molar-refractivity contribution is 6.31. The molecule has 0 aliphatic rings. The second kappa shape index (κ2) is 9.31. The molecule has 0 saturated heterocycles. The van der Waals surface area contributed by atoms with Gasteiger partial charge in [-0.15, -0.1) is 0 Å². The van der Waals surface area contributed by atoms with Gasteiger partial charge in [0.25, 0.3) is 0 Å². The quantitative estimate of drug-likeness (QED) is 0.414. The number of carbonyl (C=O) groups is 1. The smallest absolute Gasteiger partial charge is 0.349 e. The van der Waals surface area contributed by atoms with Crippen molar-refractivity contribution >= 4 is 34.9 Å². The zero-order valence-corrected chi connectivity index (χ0v) is 15.8. The standard InChI is InChI=1S/C21H17Cl2NO3/c22-16-6-9-18(10-7-16)26-14-21(25)27-20-12-17(23)8-11-19(20)24-13-15-4-2-1-3-5-15/h1-12,24H,13-14H2. The molecule has 27 heavy (non-hydrogen) atoms. The third-order valence-electron chi connectivity index (χ3n) is 3.66. The van der Waals surface area contributed by atoms with E-state index < -0.39 is 5.97 Å². The first kappa shape index (κ1) is 19.1. The number of nitrogens with one attached hydrogen (secondary N) is 1. The van der Waals surface area contributed by atoms with Gasteiger partial charge in [-0.3, -0.25) is 0 Å². The van der Waals surface area contributed by atoms with Crippen LogP contribution in [0.25, 0.3) is 0 Å². The van der Waals surface area contributed by atoms with Gasteiger partial charge < -0.3 is 14.8 Å². The van der Waals surface area contributed by atoms with Crippen molar-refractivity contribution in [1.82, 2.24) is 0 Å². The molecule has 0 aliphatic heterocycles. The molecule has 0 fully saturated rings. The maximum atomic E-state index is 12.1. The minimum Gasteiger partial charge on any atom is -0.482 e. The lowest BCUT2D eigenvalue weighted by Crippen LogP contribution is -2.18. The molecule has 0 bridgehead atoms. The van der Waals surface area contributed by atoms with Crippen LogP contribution in [0.2, 0.25) is 10.0 Å². The van der Waals surface area contributed by atoms with Crippen LogP contribution in [0.5, 0.6) is 11.5 Å². The van der Waals surface area contributed by atoms with Gasteiger partial charge in [-0.2, -0.15) is 0 Å². The molecule has 3 rings (SSSR count). The normalized spacial score (nSPS) is 10.3. The summed E-state index contributed by atoms with van der Waals surface area (Å²) in [7, 11) is 0. The Bertz CT molecular complexity index is 899. The SMILES string of the molecule is O=C(COc1ccc(Cl)cc1)Oc1cc(Cl)ccc1NCc1ccccc1. The summed E-state index contributed by atoms with van der Waals surface area (Å²) in [5.74, 6) is 0.350. The number of ether oxygens (including phenoxy) is 2. The maximum absolute atomic E-state index is 12.1. The van der Waals surface area contributed by atoms with Gasteiger partial charge in [-0.25, -0.2) is 4.79 Å². The van der Waals surface area contributed by atoms with Crippen molar-refractivity contribution < 1.29 is 14.3 Å². The summed E-state index contributed by atoms with van der Waals surface area (Å²) in [5, 5.41) is 4.32. The number of hydrogen-bond acceptors (Lipinski definition) is 4. The van der Waals surface area contributed by atoms with E-state index in [2.05, 4.69) is 5.32 Å². The van der Waals surface area contributed by atoms with Crippen molar-refractivity contribution in [2.24, 2.45) is 0 Å². The Morgan fingerprint density at radius 1 is 0.889 bits per heavy atom. The van der Waals surface area contributed by atoms with E-state index in [4.69, 9.17) is 32.7 Å². The fourth-order valence-corrected chi connectivity index (χ4v) is 2.63. The summed E-state index contributed by atoms with van der Waals surface area (Å²) in [6.07, 6.45) is 0. The van der Waals surface area contributed by atoms with Crippen LogP contribution in [0.3, 0.4) is 0 Å². The molecule has 0 spiro atoms. The van der Waals surface area contributed by atoms with Crippen molar-refractivity contribution in [3.05, 3.63) is 88.4 Å². The molecule has 0 unspecified atom stereocenters. The fraction of sp³-hybridized carbons (Fsp3) is 0.0952. The first-order valence-electron chi connectivity index (χ1n) is 8.26. The van der Waals surface area contributed by atoms with Gasteiger partial charge in [0.15, 0.2) is 12.4 Å². The first-order valence-corrected chi connectivity index (χ1v) is 9.02. The summed E-state index contributed by atoms with van der Waals surface area (Å²) >= 11 is 11.9. The van der Waals surface area contributed by atoms with E-state index >= 15 is 0 Å². The van der Waals surface area contributed by atoms with Crippen LogP contribution >= 0.6 is 23.2 Å². The lowest BCUT2D eigenvalue weighted by atomic mass is 10.2.